The molecular weight excluding hydrogens is 258 g/mol. The zero-order valence-electron chi connectivity index (χ0n) is 8.81. The minimum absolute atomic E-state index is 0.252. The van der Waals surface area contributed by atoms with Gasteiger partial charge in [-0.3, -0.25) is 10.2 Å². The summed E-state index contributed by atoms with van der Waals surface area (Å²) >= 11 is 7.36. The number of amides is 1. The molecule has 0 aliphatic rings. The predicted molar refractivity (Wildman–Crippen MR) is 67.9 cm³/mol. The summed E-state index contributed by atoms with van der Waals surface area (Å²) < 4.78 is 0. The van der Waals surface area contributed by atoms with E-state index in [2.05, 4.69) is 15.8 Å². The van der Waals surface area contributed by atoms with Crippen LogP contribution in [0.3, 0.4) is 0 Å². The summed E-state index contributed by atoms with van der Waals surface area (Å²) in [7, 11) is 0. The highest BCUT2D eigenvalue weighted by Gasteiger charge is 2.06. The van der Waals surface area contributed by atoms with E-state index in [1.165, 1.54) is 11.3 Å². The van der Waals surface area contributed by atoms with Crippen molar-refractivity contribution < 1.29 is 4.79 Å². The zero-order valence-corrected chi connectivity index (χ0v) is 10.4. The normalized spacial score (nSPS) is 10.2. The van der Waals surface area contributed by atoms with Crippen LogP contribution in [0.4, 0.5) is 0 Å². The lowest BCUT2D eigenvalue weighted by molar-refractivity contribution is 0.0928. The number of benzene rings is 1. The zero-order chi connectivity index (χ0) is 12.1. The van der Waals surface area contributed by atoms with Crippen LogP contribution in [0.5, 0.6) is 0 Å². The number of rotatable bonds is 4. The second-order valence-corrected chi connectivity index (χ2v) is 4.40. The Hall–Kier alpha value is -1.43. The summed E-state index contributed by atoms with van der Waals surface area (Å²) in [5, 5.41) is 2.36. The van der Waals surface area contributed by atoms with Crippen LogP contribution in [-0.4, -0.2) is 10.9 Å². The van der Waals surface area contributed by atoms with E-state index in [1.54, 1.807) is 17.0 Å². The highest BCUT2D eigenvalue weighted by atomic mass is 35.5. The van der Waals surface area contributed by atoms with E-state index >= 15 is 0 Å². The lowest BCUT2D eigenvalue weighted by atomic mass is 10.2. The van der Waals surface area contributed by atoms with Gasteiger partial charge in [0.15, 0.2) is 0 Å². The van der Waals surface area contributed by atoms with Crippen molar-refractivity contribution in [2.75, 3.05) is 0 Å². The molecule has 4 nitrogen and oxygen atoms in total. The maximum absolute atomic E-state index is 11.5. The highest BCUT2D eigenvalue weighted by Crippen LogP contribution is 2.13. The molecule has 2 rings (SSSR count). The van der Waals surface area contributed by atoms with Gasteiger partial charge >= 0.3 is 0 Å². The second kappa shape index (κ2) is 5.77. The quantitative estimate of drug-likeness (QED) is 0.836. The first-order valence-corrected chi connectivity index (χ1v) is 6.24. The number of hydrogen-bond acceptors (Lipinski definition) is 4. The molecule has 17 heavy (non-hydrogen) atoms. The first-order chi connectivity index (χ1) is 8.27. The standard InChI is InChI=1S/C11H10ClN3OS/c12-9-4-2-1-3-8(9)5-14-15-11(16)10-6-17-7-13-10/h1-4,6-7,14H,5H2,(H,15,16). The van der Waals surface area contributed by atoms with Crippen molar-refractivity contribution in [3.05, 3.63) is 51.4 Å². The Kier molecular flexibility index (Phi) is 4.08. The van der Waals surface area contributed by atoms with E-state index in [9.17, 15) is 4.79 Å². The number of hydrazine groups is 1. The SMILES string of the molecule is O=C(NNCc1ccccc1Cl)c1cscn1. The summed E-state index contributed by atoms with van der Waals surface area (Å²) in [5.41, 5.74) is 8.31. The third kappa shape index (κ3) is 3.26. The van der Waals surface area contributed by atoms with Gasteiger partial charge in [0.05, 0.1) is 5.51 Å². The molecule has 1 amide bonds. The molecule has 88 valence electrons. The predicted octanol–water partition coefficient (Wildman–Crippen LogP) is 2.23. The molecule has 1 aromatic heterocycles. The van der Waals surface area contributed by atoms with E-state index < -0.39 is 0 Å². The summed E-state index contributed by atoms with van der Waals surface area (Å²) in [6, 6.07) is 7.45. The van der Waals surface area contributed by atoms with Crippen molar-refractivity contribution in [3.8, 4) is 0 Å². The van der Waals surface area contributed by atoms with Gasteiger partial charge in [-0.15, -0.1) is 11.3 Å². The fraction of sp³-hybridized carbons (Fsp3) is 0.0909. The Morgan fingerprint density at radius 3 is 2.94 bits per heavy atom. The smallest absolute Gasteiger partial charge is 0.284 e. The molecule has 0 atom stereocenters. The van der Waals surface area contributed by atoms with Gasteiger partial charge in [-0.1, -0.05) is 29.8 Å². The van der Waals surface area contributed by atoms with Gasteiger partial charge in [-0.05, 0) is 11.6 Å². The fourth-order valence-electron chi connectivity index (χ4n) is 1.25. The van der Waals surface area contributed by atoms with Crippen molar-refractivity contribution in [1.29, 1.82) is 0 Å². The third-order valence-corrected chi connectivity index (χ3v) is 3.06. The molecule has 0 saturated carbocycles. The van der Waals surface area contributed by atoms with Crippen LogP contribution in [0.25, 0.3) is 0 Å². The van der Waals surface area contributed by atoms with Crippen LogP contribution in [0.15, 0.2) is 35.2 Å². The summed E-state index contributed by atoms with van der Waals surface area (Å²) in [6.45, 7) is 0.468. The van der Waals surface area contributed by atoms with Crippen molar-refractivity contribution in [2.24, 2.45) is 0 Å². The number of aromatic nitrogens is 1. The Morgan fingerprint density at radius 2 is 2.24 bits per heavy atom. The van der Waals surface area contributed by atoms with E-state index in [4.69, 9.17) is 11.6 Å². The van der Waals surface area contributed by atoms with Gasteiger partial charge in [-0.2, -0.15) is 0 Å². The highest BCUT2D eigenvalue weighted by molar-refractivity contribution is 7.07. The first-order valence-electron chi connectivity index (χ1n) is 4.92. The van der Waals surface area contributed by atoms with Gasteiger partial charge in [0.25, 0.3) is 5.91 Å². The van der Waals surface area contributed by atoms with Crippen molar-refractivity contribution in [2.45, 2.75) is 6.54 Å². The molecule has 0 saturated heterocycles. The molecule has 6 heteroatoms. The lowest BCUT2D eigenvalue weighted by Gasteiger charge is -2.07. The van der Waals surface area contributed by atoms with E-state index in [0.29, 0.717) is 17.3 Å². The van der Waals surface area contributed by atoms with Crippen LogP contribution in [0.1, 0.15) is 16.1 Å². The van der Waals surface area contributed by atoms with Crippen molar-refractivity contribution >= 4 is 28.8 Å². The van der Waals surface area contributed by atoms with Crippen molar-refractivity contribution in [1.82, 2.24) is 15.8 Å². The maximum Gasteiger partial charge on any atom is 0.284 e. The van der Waals surface area contributed by atoms with Crippen LogP contribution >= 0.6 is 22.9 Å². The molecule has 1 heterocycles. The molecule has 0 bridgehead atoms. The van der Waals surface area contributed by atoms with Gasteiger partial charge < -0.3 is 0 Å². The van der Waals surface area contributed by atoms with Crippen LogP contribution in [0, 0.1) is 0 Å². The van der Waals surface area contributed by atoms with Crippen LogP contribution in [0.2, 0.25) is 5.02 Å². The summed E-state index contributed by atoms with van der Waals surface area (Å²) in [4.78, 5) is 15.4. The molecule has 0 aliphatic carbocycles. The van der Waals surface area contributed by atoms with Gasteiger partial charge in [0.1, 0.15) is 5.69 Å². The van der Waals surface area contributed by atoms with E-state index in [0.717, 1.165) is 5.56 Å². The van der Waals surface area contributed by atoms with Crippen LogP contribution in [-0.2, 0) is 6.54 Å². The number of carbonyl (C=O) groups excluding carboxylic acids is 1. The number of carbonyl (C=O) groups is 1. The van der Waals surface area contributed by atoms with E-state index in [1.807, 2.05) is 18.2 Å². The topological polar surface area (TPSA) is 54.0 Å². The Morgan fingerprint density at radius 1 is 1.41 bits per heavy atom. The summed E-state index contributed by atoms with van der Waals surface area (Å²) in [6.07, 6.45) is 0. The van der Waals surface area contributed by atoms with Crippen LogP contribution < -0.4 is 10.9 Å². The summed E-state index contributed by atoms with van der Waals surface area (Å²) in [5.74, 6) is -0.252. The third-order valence-electron chi connectivity index (χ3n) is 2.10. The first kappa shape index (κ1) is 12.0. The average Bonchev–Trinajstić information content (AvgIpc) is 2.85. The average molecular weight is 268 g/mol. The monoisotopic (exact) mass is 267 g/mol. The molecule has 0 radical (unpaired) electrons. The number of nitrogens with zero attached hydrogens (tertiary/aromatic N) is 1. The maximum atomic E-state index is 11.5. The molecule has 0 unspecified atom stereocenters. The minimum atomic E-state index is -0.252. The lowest BCUT2D eigenvalue weighted by Crippen LogP contribution is -2.37. The Balaban J connectivity index is 1.84. The van der Waals surface area contributed by atoms with Gasteiger partial charge in [0, 0.05) is 16.9 Å². The number of nitrogens with one attached hydrogen (secondary N) is 2. The molecule has 2 N–H and O–H groups in total. The minimum Gasteiger partial charge on any atom is -0.286 e. The molecular formula is C11H10ClN3OS. The number of halogens is 1. The molecule has 1 aromatic carbocycles. The second-order valence-electron chi connectivity index (χ2n) is 3.27. The molecule has 0 fully saturated rings. The fourth-order valence-corrected chi connectivity index (χ4v) is 1.98. The van der Waals surface area contributed by atoms with E-state index in [-0.39, 0.29) is 5.91 Å². The Bertz CT molecular complexity index is 501. The van der Waals surface area contributed by atoms with Gasteiger partial charge in [0.2, 0.25) is 0 Å². The van der Waals surface area contributed by atoms with Gasteiger partial charge in [-0.25, -0.2) is 10.4 Å². The van der Waals surface area contributed by atoms with Crippen molar-refractivity contribution in [3.63, 3.8) is 0 Å². The number of thiazole rings is 1. The molecule has 2 aromatic rings. The molecule has 0 aliphatic heterocycles. The Labute approximate surface area is 108 Å². The molecule has 0 spiro atoms. The largest absolute Gasteiger partial charge is 0.286 e. The number of hydrogen-bond donors (Lipinski definition) is 2.